The highest BCUT2D eigenvalue weighted by Crippen LogP contribution is 2.29. The minimum Gasteiger partial charge on any atom is -0.378 e. The Balaban J connectivity index is 1.37. The van der Waals surface area contributed by atoms with Gasteiger partial charge in [0, 0.05) is 26.2 Å². The third kappa shape index (κ3) is 3.90. The molecular formula is C19H30N4O4. The van der Waals surface area contributed by atoms with Crippen LogP contribution >= 0.6 is 0 Å². The lowest BCUT2D eigenvalue weighted by atomic mass is 9.84. The second-order valence-electron chi connectivity index (χ2n) is 8.18. The van der Waals surface area contributed by atoms with E-state index in [9.17, 15) is 14.4 Å². The Bertz CT molecular complexity index is 586. The van der Waals surface area contributed by atoms with Crippen LogP contribution in [0.25, 0.3) is 0 Å². The molecule has 0 unspecified atom stereocenters. The number of fused-ring (bicyclic) bond motifs is 1. The van der Waals surface area contributed by atoms with Crippen molar-refractivity contribution in [1.29, 1.82) is 0 Å². The molecule has 3 heterocycles. The fourth-order valence-electron chi connectivity index (χ4n) is 4.85. The predicted molar refractivity (Wildman–Crippen MR) is 98.0 cm³/mol. The van der Waals surface area contributed by atoms with Gasteiger partial charge in [-0.25, -0.2) is 4.79 Å². The van der Waals surface area contributed by atoms with Crippen LogP contribution in [-0.2, 0) is 14.3 Å². The zero-order chi connectivity index (χ0) is 18.8. The summed E-state index contributed by atoms with van der Waals surface area (Å²) >= 11 is 0. The standard InChI is InChI=1S/C19H30N4O4/c24-17-16-13-22(19(26)21-8-10-27-11-9-21)6-7-23(16)18(25)15(20-17)12-14-4-2-1-3-5-14/h14-16H,1-13H2,(H,20,24)/t15-,16+/m0/s1. The molecule has 0 aromatic carbocycles. The number of urea groups is 1. The third-order valence-electron chi connectivity index (χ3n) is 6.43. The first kappa shape index (κ1) is 18.5. The molecule has 1 saturated carbocycles. The summed E-state index contributed by atoms with van der Waals surface area (Å²) in [4.78, 5) is 43.5. The van der Waals surface area contributed by atoms with Gasteiger partial charge in [-0.05, 0) is 12.3 Å². The van der Waals surface area contributed by atoms with Crippen molar-refractivity contribution in [2.75, 3.05) is 45.9 Å². The molecule has 0 radical (unpaired) electrons. The van der Waals surface area contributed by atoms with Crippen LogP contribution in [0.5, 0.6) is 0 Å². The van der Waals surface area contributed by atoms with Crippen LogP contribution in [0, 0.1) is 5.92 Å². The van der Waals surface area contributed by atoms with Gasteiger partial charge < -0.3 is 24.8 Å². The highest BCUT2D eigenvalue weighted by molar-refractivity contribution is 5.97. The lowest BCUT2D eigenvalue weighted by Crippen LogP contribution is -2.70. The van der Waals surface area contributed by atoms with Crippen molar-refractivity contribution in [3.8, 4) is 0 Å². The molecule has 0 aromatic rings. The molecule has 0 bridgehead atoms. The topological polar surface area (TPSA) is 82.2 Å². The molecule has 0 aromatic heterocycles. The zero-order valence-corrected chi connectivity index (χ0v) is 15.9. The van der Waals surface area contributed by atoms with Crippen LogP contribution in [0.15, 0.2) is 0 Å². The number of morpholine rings is 1. The molecule has 8 nitrogen and oxygen atoms in total. The fourth-order valence-corrected chi connectivity index (χ4v) is 4.85. The minimum absolute atomic E-state index is 0.0312. The van der Waals surface area contributed by atoms with Crippen molar-refractivity contribution in [3.63, 3.8) is 0 Å². The first-order chi connectivity index (χ1) is 13.1. The highest BCUT2D eigenvalue weighted by Gasteiger charge is 2.45. The van der Waals surface area contributed by atoms with Crippen LogP contribution in [0.1, 0.15) is 38.5 Å². The SMILES string of the molecule is O=C1N[C@@H](CC2CCCCC2)C(=O)N2CCN(C(=O)N3CCOCC3)C[C@H]12. The van der Waals surface area contributed by atoms with Crippen LogP contribution in [-0.4, -0.2) is 90.6 Å². The quantitative estimate of drug-likeness (QED) is 0.755. The van der Waals surface area contributed by atoms with Crippen molar-refractivity contribution < 1.29 is 19.1 Å². The van der Waals surface area contributed by atoms with Crippen LogP contribution < -0.4 is 5.32 Å². The van der Waals surface area contributed by atoms with Crippen LogP contribution in [0.4, 0.5) is 4.79 Å². The maximum Gasteiger partial charge on any atom is 0.320 e. The molecule has 2 atom stereocenters. The van der Waals surface area contributed by atoms with Crippen molar-refractivity contribution in [1.82, 2.24) is 20.0 Å². The molecule has 1 N–H and O–H groups in total. The molecule has 4 amide bonds. The van der Waals surface area contributed by atoms with E-state index in [0.29, 0.717) is 45.3 Å². The number of hydrogen-bond acceptors (Lipinski definition) is 4. The van der Waals surface area contributed by atoms with Gasteiger partial charge in [0.05, 0.1) is 19.8 Å². The van der Waals surface area contributed by atoms with Gasteiger partial charge in [0.25, 0.3) is 0 Å². The normalized spacial score (nSPS) is 30.1. The first-order valence-electron chi connectivity index (χ1n) is 10.4. The molecule has 3 aliphatic heterocycles. The Labute approximate surface area is 160 Å². The lowest BCUT2D eigenvalue weighted by molar-refractivity contribution is -0.152. The van der Waals surface area contributed by atoms with Gasteiger partial charge in [-0.2, -0.15) is 0 Å². The first-order valence-corrected chi connectivity index (χ1v) is 10.4. The molecule has 150 valence electrons. The number of nitrogens with zero attached hydrogens (tertiary/aromatic N) is 3. The molecular weight excluding hydrogens is 348 g/mol. The zero-order valence-electron chi connectivity index (χ0n) is 15.9. The van der Waals surface area contributed by atoms with Gasteiger partial charge >= 0.3 is 6.03 Å². The number of carbonyl (C=O) groups is 3. The molecule has 4 aliphatic rings. The molecule has 1 aliphatic carbocycles. The van der Waals surface area contributed by atoms with E-state index in [1.165, 1.54) is 19.3 Å². The van der Waals surface area contributed by atoms with Gasteiger partial charge in [-0.3, -0.25) is 9.59 Å². The number of amides is 4. The Morgan fingerprint density at radius 1 is 1.00 bits per heavy atom. The fraction of sp³-hybridized carbons (Fsp3) is 0.842. The van der Waals surface area contributed by atoms with Gasteiger partial charge in [-0.15, -0.1) is 0 Å². The average molecular weight is 378 g/mol. The average Bonchev–Trinajstić information content (AvgIpc) is 2.72. The number of nitrogens with one attached hydrogen (secondary N) is 1. The van der Waals surface area contributed by atoms with E-state index in [0.717, 1.165) is 19.3 Å². The predicted octanol–water partition coefficient (Wildman–Crippen LogP) is 0.420. The summed E-state index contributed by atoms with van der Waals surface area (Å²) in [5.74, 6) is 0.451. The minimum atomic E-state index is -0.557. The lowest BCUT2D eigenvalue weighted by Gasteiger charge is -2.46. The number of piperazine rings is 2. The summed E-state index contributed by atoms with van der Waals surface area (Å²) in [6.45, 7) is 3.48. The molecule has 4 rings (SSSR count). The largest absolute Gasteiger partial charge is 0.378 e. The second kappa shape index (κ2) is 8.04. The van der Waals surface area contributed by atoms with E-state index in [1.54, 1.807) is 14.7 Å². The summed E-state index contributed by atoms with van der Waals surface area (Å²) in [6.07, 6.45) is 6.80. The van der Waals surface area contributed by atoms with E-state index >= 15 is 0 Å². The van der Waals surface area contributed by atoms with Gasteiger partial charge in [0.15, 0.2) is 0 Å². The van der Waals surface area contributed by atoms with E-state index in [2.05, 4.69) is 5.32 Å². The maximum atomic E-state index is 12.9. The van der Waals surface area contributed by atoms with E-state index in [1.807, 2.05) is 0 Å². The van der Waals surface area contributed by atoms with Gasteiger partial charge in [-0.1, -0.05) is 32.1 Å². The number of ether oxygens (including phenoxy) is 1. The maximum absolute atomic E-state index is 12.9. The van der Waals surface area contributed by atoms with Crippen LogP contribution in [0.2, 0.25) is 0 Å². The summed E-state index contributed by atoms with van der Waals surface area (Å²) < 4.78 is 5.30. The molecule has 0 spiro atoms. The number of hydrogen-bond donors (Lipinski definition) is 1. The number of carbonyl (C=O) groups excluding carboxylic acids is 3. The van der Waals surface area contributed by atoms with Crippen molar-refractivity contribution in [2.24, 2.45) is 5.92 Å². The van der Waals surface area contributed by atoms with E-state index < -0.39 is 12.1 Å². The van der Waals surface area contributed by atoms with Crippen molar-refractivity contribution >= 4 is 17.8 Å². The molecule has 4 fully saturated rings. The van der Waals surface area contributed by atoms with E-state index in [-0.39, 0.29) is 24.4 Å². The Hall–Kier alpha value is -1.83. The van der Waals surface area contributed by atoms with E-state index in [4.69, 9.17) is 4.74 Å². The Morgan fingerprint density at radius 3 is 2.48 bits per heavy atom. The monoisotopic (exact) mass is 378 g/mol. The molecule has 3 saturated heterocycles. The summed E-state index contributed by atoms with van der Waals surface area (Å²) in [5.41, 5.74) is 0. The third-order valence-corrected chi connectivity index (χ3v) is 6.43. The molecule has 27 heavy (non-hydrogen) atoms. The summed E-state index contributed by atoms with van der Waals surface area (Å²) in [7, 11) is 0. The van der Waals surface area contributed by atoms with Crippen molar-refractivity contribution in [2.45, 2.75) is 50.6 Å². The van der Waals surface area contributed by atoms with Crippen molar-refractivity contribution in [3.05, 3.63) is 0 Å². The molecule has 8 heteroatoms. The van der Waals surface area contributed by atoms with Gasteiger partial charge in [0.1, 0.15) is 12.1 Å². The Morgan fingerprint density at radius 2 is 1.74 bits per heavy atom. The smallest absolute Gasteiger partial charge is 0.320 e. The second-order valence-corrected chi connectivity index (χ2v) is 8.18. The summed E-state index contributed by atoms with van der Waals surface area (Å²) in [6, 6.07) is -1.00. The Kier molecular flexibility index (Phi) is 5.52. The van der Waals surface area contributed by atoms with Gasteiger partial charge in [0.2, 0.25) is 11.8 Å². The van der Waals surface area contributed by atoms with Crippen LogP contribution in [0.3, 0.4) is 0 Å². The highest BCUT2D eigenvalue weighted by atomic mass is 16.5. The number of rotatable bonds is 2. The summed E-state index contributed by atoms with van der Waals surface area (Å²) in [5, 5.41) is 2.95.